The van der Waals surface area contributed by atoms with Crippen molar-refractivity contribution >= 4 is 29.1 Å². The van der Waals surface area contributed by atoms with Crippen LogP contribution in [-0.2, 0) is 0 Å². The van der Waals surface area contributed by atoms with Crippen LogP contribution >= 0.6 is 23.4 Å². The third kappa shape index (κ3) is 2.75. The van der Waals surface area contributed by atoms with E-state index in [1.165, 1.54) is 0 Å². The van der Waals surface area contributed by atoms with Gasteiger partial charge in [-0.1, -0.05) is 18.5 Å². The topological polar surface area (TPSA) is 17.1 Å². The van der Waals surface area contributed by atoms with Gasteiger partial charge in [0.1, 0.15) is 0 Å². The zero-order chi connectivity index (χ0) is 9.84. The van der Waals surface area contributed by atoms with Crippen molar-refractivity contribution in [2.24, 2.45) is 0 Å². The first kappa shape index (κ1) is 10.6. The molecule has 0 atom stereocenters. The van der Waals surface area contributed by atoms with E-state index in [-0.39, 0.29) is 5.78 Å². The van der Waals surface area contributed by atoms with Gasteiger partial charge < -0.3 is 0 Å². The molecular formula is C10H11ClOS. The molecule has 0 heterocycles. The molecule has 1 aromatic rings. The summed E-state index contributed by atoms with van der Waals surface area (Å²) in [6.07, 6.45) is 0. The van der Waals surface area contributed by atoms with Gasteiger partial charge in [0.05, 0.1) is 0 Å². The zero-order valence-electron chi connectivity index (χ0n) is 7.63. The van der Waals surface area contributed by atoms with Gasteiger partial charge in [0, 0.05) is 15.5 Å². The Bertz CT molecular complexity index is 323. The minimum absolute atomic E-state index is 0.0680. The minimum Gasteiger partial charge on any atom is -0.294 e. The van der Waals surface area contributed by atoms with Gasteiger partial charge in [0.15, 0.2) is 5.78 Å². The van der Waals surface area contributed by atoms with Crippen molar-refractivity contribution in [1.29, 1.82) is 0 Å². The van der Waals surface area contributed by atoms with E-state index in [1.54, 1.807) is 24.8 Å². The number of ketones is 1. The van der Waals surface area contributed by atoms with E-state index in [0.29, 0.717) is 5.02 Å². The number of carbonyl (C=O) groups is 1. The molecule has 0 aliphatic rings. The second-order valence-electron chi connectivity index (χ2n) is 2.63. The maximum Gasteiger partial charge on any atom is 0.160 e. The molecule has 0 saturated heterocycles. The van der Waals surface area contributed by atoms with Crippen LogP contribution in [0.3, 0.4) is 0 Å². The van der Waals surface area contributed by atoms with Crippen molar-refractivity contribution in [3.05, 3.63) is 28.8 Å². The highest BCUT2D eigenvalue weighted by Gasteiger charge is 2.07. The van der Waals surface area contributed by atoms with Crippen molar-refractivity contribution in [2.75, 3.05) is 5.75 Å². The van der Waals surface area contributed by atoms with E-state index in [1.807, 2.05) is 12.1 Å². The average Bonchev–Trinajstić information content (AvgIpc) is 2.08. The van der Waals surface area contributed by atoms with E-state index in [0.717, 1.165) is 16.2 Å². The predicted molar refractivity (Wildman–Crippen MR) is 57.9 cm³/mol. The Labute approximate surface area is 87.5 Å². The molecule has 1 aromatic carbocycles. The minimum atomic E-state index is 0.0680. The highest BCUT2D eigenvalue weighted by Crippen LogP contribution is 2.25. The number of halogens is 1. The molecule has 0 saturated carbocycles. The molecule has 0 aromatic heterocycles. The van der Waals surface area contributed by atoms with Gasteiger partial charge in [-0.15, -0.1) is 11.8 Å². The molecule has 0 bridgehead atoms. The first-order chi connectivity index (χ1) is 6.15. The molecule has 1 nitrogen and oxygen atoms in total. The molecule has 0 N–H and O–H groups in total. The molecule has 13 heavy (non-hydrogen) atoms. The third-order valence-corrected chi connectivity index (χ3v) is 2.81. The Balaban J connectivity index is 3.10. The maximum atomic E-state index is 11.2. The van der Waals surface area contributed by atoms with Crippen molar-refractivity contribution in [3.63, 3.8) is 0 Å². The van der Waals surface area contributed by atoms with Crippen molar-refractivity contribution in [3.8, 4) is 0 Å². The van der Waals surface area contributed by atoms with Crippen LogP contribution in [0.15, 0.2) is 23.1 Å². The van der Waals surface area contributed by atoms with Gasteiger partial charge in [0.25, 0.3) is 0 Å². The lowest BCUT2D eigenvalue weighted by Crippen LogP contribution is -1.94. The Morgan fingerprint density at radius 3 is 2.77 bits per heavy atom. The van der Waals surface area contributed by atoms with Crippen LogP contribution in [0.1, 0.15) is 24.2 Å². The summed E-state index contributed by atoms with van der Waals surface area (Å²) in [4.78, 5) is 12.2. The van der Waals surface area contributed by atoms with Crippen LogP contribution < -0.4 is 0 Å². The predicted octanol–water partition coefficient (Wildman–Crippen LogP) is 3.65. The Morgan fingerprint density at radius 1 is 1.54 bits per heavy atom. The Hall–Kier alpha value is -0.470. The number of carbonyl (C=O) groups excluding carboxylic acids is 1. The van der Waals surface area contributed by atoms with E-state index in [4.69, 9.17) is 11.6 Å². The second-order valence-corrected chi connectivity index (χ2v) is 4.37. The summed E-state index contributed by atoms with van der Waals surface area (Å²) in [5.74, 6) is 1.03. The third-order valence-electron chi connectivity index (χ3n) is 1.62. The van der Waals surface area contributed by atoms with E-state index in [2.05, 4.69) is 6.92 Å². The molecule has 3 heteroatoms. The standard InChI is InChI=1S/C10H11ClOS/c1-3-13-10-5-4-8(11)6-9(10)7(2)12/h4-6H,3H2,1-2H3. The Morgan fingerprint density at radius 2 is 2.23 bits per heavy atom. The highest BCUT2D eigenvalue weighted by atomic mass is 35.5. The number of hydrogen-bond donors (Lipinski definition) is 0. The second kappa shape index (κ2) is 4.68. The summed E-state index contributed by atoms with van der Waals surface area (Å²) in [6, 6.07) is 5.43. The fraction of sp³-hybridized carbons (Fsp3) is 0.300. The lowest BCUT2D eigenvalue weighted by Gasteiger charge is -2.04. The van der Waals surface area contributed by atoms with Crippen LogP contribution in [0.2, 0.25) is 5.02 Å². The largest absolute Gasteiger partial charge is 0.294 e. The van der Waals surface area contributed by atoms with Gasteiger partial charge in [-0.05, 0) is 30.9 Å². The van der Waals surface area contributed by atoms with Crippen LogP contribution in [0, 0.1) is 0 Å². The van der Waals surface area contributed by atoms with E-state index >= 15 is 0 Å². The summed E-state index contributed by atoms with van der Waals surface area (Å²) in [6.45, 7) is 3.62. The molecule has 1 rings (SSSR count). The van der Waals surface area contributed by atoms with Crippen LogP contribution in [0.4, 0.5) is 0 Å². The van der Waals surface area contributed by atoms with Crippen LogP contribution in [0.25, 0.3) is 0 Å². The first-order valence-corrected chi connectivity index (χ1v) is 5.44. The molecule has 0 amide bonds. The summed E-state index contributed by atoms with van der Waals surface area (Å²) < 4.78 is 0. The molecule has 0 aliphatic carbocycles. The summed E-state index contributed by atoms with van der Waals surface area (Å²) in [5, 5.41) is 0.616. The zero-order valence-corrected chi connectivity index (χ0v) is 9.21. The average molecular weight is 215 g/mol. The molecule has 0 aliphatic heterocycles. The van der Waals surface area contributed by atoms with E-state index in [9.17, 15) is 4.79 Å². The van der Waals surface area contributed by atoms with Gasteiger partial charge in [0.2, 0.25) is 0 Å². The monoisotopic (exact) mass is 214 g/mol. The van der Waals surface area contributed by atoms with E-state index < -0.39 is 0 Å². The fourth-order valence-electron chi connectivity index (χ4n) is 1.06. The summed E-state index contributed by atoms with van der Waals surface area (Å²) in [7, 11) is 0. The number of thioether (sulfide) groups is 1. The quantitative estimate of drug-likeness (QED) is 0.564. The SMILES string of the molecule is CCSc1ccc(Cl)cc1C(C)=O. The smallest absolute Gasteiger partial charge is 0.160 e. The number of hydrogen-bond acceptors (Lipinski definition) is 2. The van der Waals surface area contributed by atoms with Crippen molar-refractivity contribution in [2.45, 2.75) is 18.7 Å². The maximum absolute atomic E-state index is 11.2. The molecule has 0 spiro atoms. The van der Waals surface area contributed by atoms with Crippen molar-refractivity contribution in [1.82, 2.24) is 0 Å². The summed E-state index contributed by atoms with van der Waals surface area (Å²) in [5.41, 5.74) is 0.722. The van der Waals surface area contributed by atoms with Gasteiger partial charge in [-0.2, -0.15) is 0 Å². The number of rotatable bonds is 3. The molecule has 0 unspecified atom stereocenters. The highest BCUT2D eigenvalue weighted by molar-refractivity contribution is 7.99. The van der Waals surface area contributed by atoms with Gasteiger partial charge >= 0.3 is 0 Å². The fourth-order valence-corrected chi connectivity index (χ4v) is 2.06. The summed E-state index contributed by atoms with van der Waals surface area (Å²) >= 11 is 7.46. The molecule has 0 radical (unpaired) electrons. The molecule has 0 fully saturated rings. The molecular weight excluding hydrogens is 204 g/mol. The van der Waals surface area contributed by atoms with Gasteiger partial charge in [-0.25, -0.2) is 0 Å². The van der Waals surface area contributed by atoms with Gasteiger partial charge in [-0.3, -0.25) is 4.79 Å². The first-order valence-electron chi connectivity index (χ1n) is 4.08. The lowest BCUT2D eigenvalue weighted by molar-refractivity contribution is 0.101. The normalized spacial score (nSPS) is 10.1. The van der Waals surface area contributed by atoms with Crippen molar-refractivity contribution < 1.29 is 4.79 Å². The van der Waals surface area contributed by atoms with Crippen LogP contribution in [0.5, 0.6) is 0 Å². The molecule has 70 valence electrons. The lowest BCUT2D eigenvalue weighted by atomic mass is 10.1. The Kier molecular flexibility index (Phi) is 3.82. The number of benzene rings is 1. The number of Topliss-reactive ketones (excluding diaryl/α,β-unsaturated/α-hetero) is 1. The van der Waals surface area contributed by atoms with Crippen LogP contribution in [-0.4, -0.2) is 11.5 Å².